The molecule has 1 aromatic carbocycles. The second kappa shape index (κ2) is 5.24. The summed E-state index contributed by atoms with van der Waals surface area (Å²) in [6.07, 6.45) is 1.12. The van der Waals surface area contributed by atoms with Gasteiger partial charge in [-0.05, 0) is 61.3 Å². The van der Waals surface area contributed by atoms with Crippen molar-refractivity contribution in [2.24, 2.45) is 17.3 Å². The van der Waals surface area contributed by atoms with E-state index in [-0.39, 0.29) is 11.3 Å². The van der Waals surface area contributed by atoms with Gasteiger partial charge in [0.1, 0.15) is 6.54 Å². The Labute approximate surface area is 139 Å². The summed E-state index contributed by atoms with van der Waals surface area (Å²) >= 11 is 0. The van der Waals surface area contributed by atoms with Crippen molar-refractivity contribution in [2.75, 3.05) is 6.54 Å². The van der Waals surface area contributed by atoms with E-state index < -0.39 is 18.1 Å². The number of hydrogen-bond acceptors (Lipinski definition) is 1. The number of rotatable bonds is 3. The molecule has 2 nitrogen and oxygen atoms in total. The quantitative estimate of drug-likeness (QED) is 0.880. The zero-order valence-corrected chi connectivity index (χ0v) is 13.5. The predicted octanol–water partition coefficient (Wildman–Crippen LogP) is 4.20. The Morgan fingerprint density at radius 3 is 2.29 bits per heavy atom. The Kier molecular flexibility index (Phi) is 3.49. The van der Waals surface area contributed by atoms with E-state index in [1.165, 1.54) is 5.56 Å². The van der Waals surface area contributed by atoms with Crippen molar-refractivity contribution in [1.29, 1.82) is 0 Å². The van der Waals surface area contributed by atoms with Gasteiger partial charge in [0.15, 0.2) is 0 Å². The summed E-state index contributed by atoms with van der Waals surface area (Å²) in [5.74, 6) is 0.542. The number of benzene rings is 1. The van der Waals surface area contributed by atoms with Gasteiger partial charge >= 0.3 is 6.18 Å². The van der Waals surface area contributed by atoms with E-state index in [0.29, 0.717) is 18.3 Å². The lowest BCUT2D eigenvalue weighted by atomic mass is 9.42. The van der Waals surface area contributed by atoms with E-state index in [1.54, 1.807) is 0 Å². The smallest absolute Gasteiger partial charge is 0.347 e. The summed E-state index contributed by atoms with van der Waals surface area (Å²) in [5, 5.41) is 2.18. The lowest BCUT2D eigenvalue weighted by molar-refractivity contribution is -0.157. The molecule has 1 aromatic rings. The number of nitrogens with one attached hydrogen (secondary N) is 1. The van der Waals surface area contributed by atoms with E-state index in [0.717, 1.165) is 32.1 Å². The lowest BCUT2D eigenvalue weighted by Gasteiger charge is -2.61. The second-order valence-corrected chi connectivity index (χ2v) is 8.19. The molecule has 4 saturated carbocycles. The van der Waals surface area contributed by atoms with Crippen molar-refractivity contribution >= 4 is 5.91 Å². The summed E-state index contributed by atoms with van der Waals surface area (Å²) < 4.78 is 37.5. The monoisotopic (exact) mass is 337 g/mol. The minimum Gasteiger partial charge on any atom is -0.347 e. The largest absolute Gasteiger partial charge is 0.405 e. The Morgan fingerprint density at radius 1 is 1.08 bits per heavy atom. The van der Waals surface area contributed by atoms with Crippen LogP contribution >= 0.6 is 0 Å². The first-order valence-electron chi connectivity index (χ1n) is 8.71. The number of amides is 1. The fourth-order valence-electron chi connectivity index (χ4n) is 6.03. The second-order valence-electron chi connectivity index (χ2n) is 8.19. The van der Waals surface area contributed by atoms with Crippen LogP contribution in [0.2, 0.25) is 0 Å². The van der Waals surface area contributed by atoms with Crippen molar-refractivity contribution in [3.05, 3.63) is 35.9 Å². The number of halogens is 3. The molecule has 4 aliphatic rings. The number of hydrogen-bond donors (Lipinski definition) is 1. The molecule has 2 unspecified atom stereocenters. The predicted molar refractivity (Wildman–Crippen MR) is 84.3 cm³/mol. The summed E-state index contributed by atoms with van der Waals surface area (Å²) in [6.45, 7) is -1.22. The van der Waals surface area contributed by atoms with Gasteiger partial charge in [0.05, 0.1) is 5.41 Å². The molecule has 5 heteroatoms. The van der Waals surface area contributed by atoms with Gasteiger partial charge in [0.25, 0.3) is 0 Å². The van der Waals surface area contributed by atoms with Gasteiger partial charge in [-0.15, -0.1) is 0 Å². The van der Waals surface area contributed by atoms with Crippen LogP contribution in [0.25, 0.3) is 0 Å². The van der Waals surface area contributed by atoms with Crippen LogP contribution in [-0.4, -0.2) is 18.6 Å². The third-order valence-corrected chi connectivity index (χ3v) is 6.38. The van der Waals surface area contributed by atoms with Gasteiger partial charge in [0, 0.05) is 0 Å². The molecule has 0 heterocycles. The first-order valence-corrected chi connectivity index (χ1v) is 8.71. The molecule has 4 atom stereocenters. The van der Waals surface area contributed by atoms with Gasteiger partial charge in [-0.2, -0.15) is 13.2 Å². The average Bonchev–Trinajstić information content (AvgIpc) is 2.51. The van der Waals surface area contributed by atoms with Crippen LogP contribution in [0.5, 0.6) is 0 Å². The van der Waals surface area contributed by atoms with E-state index in [9.17, 15) is 18.0 Å². The summed E-state index contributed by atoms with van der Waals surface area (Å²) in [4.78, 5) is 12.7. The molecule has 4 fully saturated rings. The van der Waals surface area contributed by atoms with Gasteiger partial charge in [-0.25, -0.2) is 0 Å². The highest BCUT2D eigenvalue weighted by molar-refractivity contribution is 5.83. The Bertz CT molecular complexity index is 626. The van der Waals surface area contributed by atoms with Crippen LogP contribution in [0.1, 0.15) is 44.1 Å². The maximum Gasteiger partial charge on any atom is 0.405 e. The average molecular weight is 337 g/mol. The molecule has 24 heavy (non-hydrogen) atoms. The highest BCUT2D eigenvalue weighted by Gasteiger charge is 2.61. The molecular formula is C19H22F3NO. The molecule has 5 rings (SSSR count). The molecule has 4 aliphatic carbocycles. The van der Waals surface area contributed by atoms with Gasteiger partial charge < -0.3 is 5.32 Å². The van der Waals surface area contributed by atoms with Crippen LogP contribution < -0.4 is 5.32 Å². The minimum absolute atomic E-state index is 0.0269. The van der Waals surface area contributed by atoms with E-state index in [4.69, 9.17) is 0 Å². The molecule has 0 aliphatic heterocycles. The molecular weight excluding hydrogens is 315 g/mol. The Balaban J connectivity index is 1.62. The Morgan fingerprint density at radius 2 is 1.71 bits per heavy atom. The number of alkyl halides is 3. The van der Waals surface area contributed by atoms with Gasteiger partial charge in [-0.3, -0.25) is 4.79 Å². The van der Waals surface area contributed by atoms with Crippen molar-refractivity contribution in [3.8, 4) is 0 Å². The van der Waals surface area contributed by atoms with E-state index >= 15 is 0 Å². The zero-order chi connectivity index (χ0) is 17.0. The first-order chi connectivity index (χ1) is 11.3. The number of carbonyl (C=O) groups is 1. The van der Waals surface area contributed by atoms with Crippen LogP contribution in [0.3, 0.4) is 0 Å². The fraction of sp³-hybridized carbons (Fsp3) is 0.632. The van der Waals surface area contributed by atoms with Crippen LogP contribution in [-0.2, 0) is 10.2 Å². The number of carbonyl (C=O) groups excluding carboxylic acids is 1. The molecule has 0 saturated heterocycles. The fourth-order valence-corrected chi connectivity index (χ4v) is 6.03. The SMILES string of the molecule is O=C(NCC(F)(F)F)C12C[C@H]3C[C@@H](C1)CC(c1ccccc1)(C3)C2. The highest BCUT2D eigenvalue weighted by atomic mass is 19.4. The standard InChI is InChI=1S/C19H22F3NO/c20-19(21,22)12-23-16(24)18-9-13-6-14(10-18)8-17(7-13,11-18)15-4-2-1-3-5-15/h1-5,13-14H,6-12H2,(H,23,24)/t13-,14+,17?,18?. The van der Waals surface area contributed by atoms with E-state index in [2.05, 4.69) is 17.4 Å². The van der Waals surface area contributed by atoms with E-state index in [1.807, 2.05) is 18.2 Å². The Hall–Kier alpha value is -1.52. The molecule has 0 spiro atoms. The third-order valence-electron chi connectivity index (χ3n) is 6.38. The highest BCUT2D eigenvalue weighted by Crippen LogP contribution is 2.65. The summed E-state index contributed by atoms with van der Waals surface area (Å²) in [5.41, 5.74) is 0.624. The molecule has 4 bridgehead atoms. The molecule has 1 amide bonds. The van der Waals surface area contributed by atoms with Crippen LogP contribution in [0.4, 0.5) is 13.2 Å². The van der Waals surface area contributed by atoms with Crippen molar-refractivity contribution in [2.45, 2.75) is 50.1 Å². The van der Waals surface area contributed by atoms with Crippen molar-refractivity contribution in [3.63, 3.8) is 0 Å². The lowest BCUT2D eigenvalue weighted by Crippen LogP contribution is -2.59. The normalized spacial score (nSPS) is 37.5. The molecule has 1 N–H and O–H groups in total. The zero-order valence-electron chi connectivity index (χ0n) is 13.5. The van der Waals surface area contributed by atoms with Gasteiger partial charge in [0.2, 0.25) is 5.91 Å². The third kappa shape index (κ3) is 2.62. The summed E-state index contributed by atoms with van der Waals surface area (Å²) in [7, 11) is 0. The topological polar surface area (TPSA) is 29.1 Å². The van der Waals surface area contributed by atoms with Crippen molar-refractivity contribution in [1.82, 2.24) is 5.32 Å². The molecule has 0 radical (unpaired) electrons. The van der Waals surface area contributed by atoms with Crippen LogP contribution in [0.15, 0.2) is 30.3 Å². The maximum atomic E-state index is 12.7. The molecule has 130 valence electrons. The van der Waals surface area contributed by atoms with Crippen LogP contribution in [0, 0.1) is 17.3 Å². The summed E-state index contributed by atoms with van der Waals surface area (Å²) in [6, 6.07) is 10.3. The minimum atomic E-state index is -4.35. The maximum absolute atomic E-state index is 12.7. The molecule has 0 aromatic heterocycles. The first kappa shape index (κ1) is 16.0. The van der Waals surface area contributed by atoms with Crippen molar-refractivity contribution < 1.29 is 18.0 Å². The van der Waals surface area contributed by atoms with Gasteiger partial charge in [-0.1, -0.05) is 30.3 Å².